The SMILES string of the molecule is CCCC1=CC(C(C)(C)C)=CC1. The number of allylic oxidation sites excluding steroid dienone is 4. The van der Waals surface area contributed by atoms with Crippen molar-refractivity contribution < 1.29 is 0 Å². The normalized spacial score (nSPS) is 17.7. The van der Waals surface area contributed by atoms with Gasteiger partial charge in [0, 0.05) is 0 Å². The van der Waals surface area contributed by atoms with Crippen LogP contribution in [0.2, 0.25) is 0 Å². The Morgan fingerprint density at radius 3 is 2.42 bits per heavy atom. The Hall–Kier alpha value is -0.520. The van der Waals surface area contributed by atoms with Gasteiger partial charge in [0.2, 0.25) is 0 Å². The zero-order valence-corrected chi connectivity index (χ0v) is 8.78. The molecule has 0 heteroatoms. The van der Waals surface area contributed by atoms with Gasteiger partial charge in [0.05, 0.1) is 0 Å². The summed E-state index contributed by atoms with van der Waals surface area (Å²) >= 11 is 0. The molecule has 1 aliphatic rings. The Kier molecular flexibility index (Phi) is 2.76. The molecule has 0 spiro atoms. The minimum Gasteiger partial charge on any atom is -0.0767 e. The second kappa shape index (κ2) is 3.47. The van der Waals surface area contributed by atoms with E-state index in [1.54, 1.807) is 5.57 Å². The fourth-order valence-corrected chi connectivity index (χ4v) is 1.60. The van der Waals surface area contributed by atoms with Crippen LogP contribution < -0.4 is 0 Å². The number of hydrogen-bond donors (Lipinski definition) is 0. The topological polar surface area (TPSA) is 0 Å². The maximum absolute atomic E-state index is 2.39. The summed E-state index contributed by atoms with van der Waals surface area (Å²) in [5.41, 5.74) is 3.48. The Morgan fingerprint density at radius 2 is 2.00 bits per heavy atom. The van der Waals surface area contributed by atoms with Gasteiger partial charge >= 0.3 is 0 Å². The van der Waals surface area contributed by atoms with Gasteiger partial charge < -0.3 is 0 Å². The van der Waals surface area contributed by atoms with E-state index in [0.717, 1.165) is 0 Å². The van der Waals surface area contributed by atoms with Gasteiger partial charge in [-0.1, -0.05) is 51.8 Å². The highest BCUT2D eigenvalue weighted by atomic mass is 14.2. The minimum absolute atomic E-state index is 0.343. The molecule has 0 aliphatic heterocycles. The summed E-state index contributed by atoms with van der Waals surface area (Å²) in [5.74, 6) is 0. The van der Waals surface area contributed by atoms with Crippen molar-refractivity contribution in [3.8, 4) is 0 Å². The average Bonchev–Trinajstić information content (AvgIpc) is 2.35. The lowest BCUT2D eigenvalue weighted by molar-refractivity contribution is 0.517. The van der Waals surface area contributed by atoms with E-state index in [0.29, 0.717) is 5.41 Å². The fourth-order valence-electron chi connectivity index (χ4n) is 1.60. The fraction of sp³-hybridized carbons (Fsp3) is 0.667. The van der Waals surface area contributed by atoms with E-state index in [1.807, 2.05) is 0 Å². The maximum atomic E-state index is 2.39. The maximum Gasteiger partial charge on any atom is -0.0130 e. The van der Waals surface area contributed by atoms with E-state index < -0.39 is 0 Å². The van der Waals surface area contributed by atoms with E-state index in [-0.39, 0.29) is 0 Å². The summed E-state index contributed by atoms with van der Waals surface area (Å²) in [6, 6.07) is 0. The van der Waals surface area contributed by atoms with Gasteiger partial charge in [-0.15, -0.1) is 0 Å². The first kappa shape index (κ1) is 9.57. The molecule has 0 fully saturated rings. The minimum atomic E-state index is 0.343. The van der Waals surface area contributed by atoms with Crippen LogP contribution in [-0.4, -0.2) is 0 Å². The van der Waals surface area contributed by atoms with Gasteiger partial charge in [-0.2, -0.15) is 0 Å². The number of hydrogen-bond acceptors (Lipinski definition) is 0. The molecule has 68 valence electrons. The summed E-state index contributed by atoms with van der Waals surface area (Å²) in [5, 5.41) is 0. The molecule has 0 aromatic carbocycles. The molecule has 0 atom stereocenters. The molecule has 0 saturated heterocycles. The summed E-state index contributed by atoms with van der Waals surface area (Å²) in [7, 11) is 0. The molecule has 0 nitrogen and oxygen atoms in total. The zero-order valence-electron chi connectivity index (χ0n) is 8.78. The van der Waals surface area contributed by atoms with Crippen molar-refractivity contribution >= 4 is 0 Å². The smallest absolute Gasteiger partial charge is 0.0130 e. The predicted molar refractivity (Wildman–Crippen MR) is 55.1 cm³/mol. The third-order valence-electron chi connectivity index (χ3n) is 2.38. The summed E-state index contributed by atoms with van der Waals surface area (Å²) in [4.78, 5) is 0. The highest BCUT2D eigenvalue weighted by Gasteiger charge is 2.18. The van der Waals surface area contributed by atoms with Crippen LogP contribution >= 0.6 is 0 Å². The van der Waals surface area contributed by atoms with E-state index in [1.165, 1.54) is 24.8 Å². The Labute approximate surface area is 76.4 Å². The van der Waals surface area contributed by atoms with Crippen LogP contribution in [0.3, 0.4) is 0 Å². The van der Waals surface area contributed by atoms with Crippen molar-refractivity contribution in [3.05, 3.63) is 23.3 Å². The molecule has 0 radical (unpaired) electrons. The lowest BCUT2D eigenvalue weighted by Gasteiger charge is -2.18. The van der Waals surface area contributed by atoms with Crippen LogP contribution in [0.1, 0.15) is 47.0 Å². The van der Waals surface area contributed by atoms with E-state index in [2.05, 4.69) is 39.8 Å². The molecule has 1 rings (SSSR count). The zero-order chi connectivity index (χ0) is 9.19. The van der Waals surface area contributed by atoms with Crippen LogP contribution in [0.5, 0.6) is 0 Å². The average molecular weight is 164 g/mol. The van der Waals surface area contributed by atoms with E-state index in [9.17, 15) is 0 Å². The monoisotopic (exact) mass is 164 g/mol. The highest BCUT2D eigenvalue weighted by molar-refractivity contribution is 5.36. The molecule has 0 N–H and O–H groups in total. The van der Waals surface area contributed by atoms with E-state index >= 15 is 0 Å². The summed E-state index contributed by atoms with van der Waals surface area (Å²) in [6.07, 6.45) is 8.52. The molecule has 0 unspecified atom stereocenters. The lowest BCUT2D eigenvalue weighted by Crippen LogP contribution is -2.05. The molecule has 0 heterocycles. The van der Waals surface area contributed by atoms with Crippen molar-refractivity contribution in [2.75, 3.05) is 0 Å². The van der Waals surface area contributed by atoms with Crippen LogP contribution in [0.25, 0.3) is 0 Å². The molecule has 0 aromatic heterocycles. The first-order chi connectivity index (χ1) is 5.54. The molecule has 0 bridgehead atoms. The number of rotatable bonds is 2. The Balaban J connectivity index is 2.62. The molecule has 12 heavy (non-hydrogen) atoms. The van der Waals surface area contributed by atoms with Gasteiger partial charge in [-0.3, -0.25) is 0 Å². The van der Waals surface area contributed by atoms with Crippen LogP contribution in [0.4, 0.5) is 0 Å². The standard InChI is InChI=1S/C12H20/c1-5-6-10-7-8-11(9-10)12(2,3)4/h8-9H,5-7H2,1-4H3. The molecular formula is C12H20. The van der Waals surface area contributed by atoms with Crippen molar-refractivity contribution in [3.63, 3.8) is 0 Å². The van der Waals surface area contributed by atoms with Crippen LogP contribution in [0.15, 0.2) is 23.3 Å². The first-order valence-corrected chi connectivity index (χ1v) is 4.94. The van der Waals surface area contributed by atoms with Crippen molar-refractivity contribution in [2.45, 2.75) is 47.0 Å². The molecule has 0 saturated carbocycles. The van der Waals surface area contributed by atoms with Crippen molar-refractivity contribution in [2.24, 2.45) is 5.41 Å². The molecule has 0 aromatic rings. The molecule has 0 amide bonds. The van der Waals surface area contributed by atoms with E-state index in [4.69, 9.17) is 0 Å². The lowest BCUT2D eigenvalue weighted by atomic mass is 9.87. The summed E-state index contributed by atoms with van der Waals surface area (Å²) in [6.45, 7) is 9.09. The molecule has 1 aliphatic carbocycles. The first-order valence-electron chi connectivity index (χ1n) is 4.94. The summed E-state index contributed by atoms with van der Waals surface area (Å²) < 4.78 is 0. The predicted octanol–water partition coefficient (Wildman–Crippen LogP) is 4.09. The van der Waals surface area contributed by atoms with Gasteiger partial charge in [0.25, 0.3) is 0 Å². The highest BCUT2D eigenvalue weighted by Crippen LogP contribution is 2.33. The van der Waals surface area contributed by atoms with Crippen LogP contribution in [-0.2, 0) is 0 Å². The second-order valence-electron chi connectivity index (χ2n) is 4.67. The molecular weight excluding hydrogens is 144 g/mol. The van der Waals surface area contributed by atoms with Crippen molar-refractivity contribution in [1.82, 2.24) is 0 Å². The third-order valence-corrected chi connectivity index (χ3v) is 2.38. The quantitative estimate of drug-likeness (QED) is 0.576. The third kappa shape index (κ3) is 2.23. The van der Waals surface area contributed by atoms with Crippen molar-refractivity contribution in [1.29, 1.82) is 0 Å². The second-order valence-corrected chi connectivity index (χ2v) is 4.67. The largest absolute Gasteiger partial charge is 0.0767 e. The van der Waals surface area contributed by atoms with Gasteiger partial charge in [0.1, 0.15) is 0 Å². The Morgan fingerprint density at radius 1 is 1.33 bits per heavy atom. The van der Waals surface area contributed by atoms with Gasteiger partial charge in [-0.25, -0.2) is 0 Å². The van der Waals surface area contributed by atoms with Gasteiger partial charge in [-0.05, 0) is 23.8 Å². The van der Waals surface area contributed by atoms with Gasteiger partial charge in [0.15, 0.2) is 0 Å². The van der Waals surface area contributed by atoms with Crippen LogP contribution in [0, 0.1) is 5.41 Å². The Bertz CT molecular complexity index is 211.